The smallest absolute Gasteiger partial charge is 0.0547 e. The lowest BCUT2D eigenvalue weighted by atomic mass is 9.94. The molecular formula is C62H42N2. The molecule has 64 heavy (non-hydrogen) atoms. The number of benzene rings is 11. The SMILES string of the molecule is c1ccc(-c2ccc(-c3ccc(N(c4ccc(-c5cccc6c5ccc5ccccc56)cc4)c4cccc(-c5cccc6c5c5ccccc5n6-c5ccccc5)c4)cc3)cc2)cc1. The lowest BCUT2D eigenvalue weighted by Gasteiger charge is -2.26. The first-order chi connectivity index (χ1) is 31.7. The van der Waals surface area contributed by atoms with Gasteiger partial charge < -0.3 is 9.47 Å². The van der Waals surface area contributed by atoms with Crippen LogP contribution in [0.15, 0.2) is 255 Å². The van der Waals surface area contributed by atoms with E-state index in [1.807, 2.05) is 0 Å². The Balaban J connectivity index is 0.972. The van der Waals surface area contributed by atoms with Gasteiger partial charge in [0.2, 0.25) is 0 Å². The van der Waals surface area contributed by atoms with Crippen LogP contribution in [0, 0.1) is 0 Å². The van der Waals surface area contributed by atoms with Crippen molar-refractivity contribution in [1.29, 1.82) is 0 Å². The molecule has 1 aromatic heterocycles. The van der Waals surface area contributed by atoms with Gasteiger partial charge in [-0.1, -0.05) is 194 Å². The normalized spacial score (nSPS) is 11.4. The van der Waals surface area contributed by atoms with Crippen LogP contribution in [0.4, 0.5) is 17.1 Å². The largest absolute Gasteiger partial charge is 0.310 e. The molecule has 0 amide bonds. The summed E-state index contributed by atoms with van der Waals surface area (Å²) in [5.41, 5.74) is 16.4. The van der Waals surface area contributed by atoms with Gasteiger partial charge in [-0.2, -0.15) is 0 Å². The van der Waals surface area contributed by atoms with Crippen LogP contribution in [-0.2, 0) is 0 Å². The van der Waals surface area contributed by atoms with E-state index < -0.39 is 0 Å². The molecule has 0 N–H and O–H groups in total. The third-order valence-electron chi connectivity index (χ3n) is 12.8. The highest BCUT2D eigenvalue weighted by molar-refractivity contribution is 6.16. The Bertz CT molecular complexity index is 3620. The van der Waals surface area contributed by atoms with Crippen LogP contribution in [0.25, 0.3) is 93.5 Å². The van der Waals surface area contributed by atoms with Crippen LogP contribution in [0.2, 0.25) is 0 Å². The number of nitrogens with zero attached hydrogens (tertiary/aromatic N) is 2. The molecule has 0 aliphatic rings. The van der Waals surface area contributed by atoms with E-state index in [4.69, 9.17) is 0 Å². The summed E-state index contributed by atoms with van der Waals surface area (Å²) in [6, 6.07) is 92.6. The molecule has 1 heterocycles. The molecule has 0 radical (unpaired) electrons. The van der Waals surface area contributed by atoms with E-state index in [9.17, 15) is 0 Å². The fraction of sp³-hybridized carbons (Fsp3) is 0. The average molecular weight is 815 g/mol. The van der Waals surface area contributed by atoms with Crippen molar-refractivity contribution in [3.05, 3.63) is 255 Å². The summed E-state index contributed by atoms with van der Waals surface area (Å²) < 4.78 is 2.39. The summed E-state index contributed by atoms with van der Waals surface area (Å²) in [6.07, 6.45) is 0. The van der Waals surface area contributed by atoms with E-state index in [0.29, 0.717) is 0 Å². The summed E-state index contributed by atoms with van der Waals surface area (Å²) in [5, 5.41) is 7.56. The standard InChI is InChI=1S/C62H42N2/c1-3-14-43(15-4-1)44-28-30-45(31-29-44)46-32-37-51(38-33-46)63(52-39-34-48(35-40-52)55-23-12-25-57-54-21-8-7-16-47(54)36-41-58(55)57)53-20-11-17-49(42-53)56-24-13-27-61-62(56)59-22-9-10-26-60(59)64(61)50-18-5-2-6-19-50/h1-42H. The maximum atomic E-state index is 2.39. The minimum absolute atomic E-state index is 1.09. The molecule has 0 saturated heterocycles. The van der Waals surface area contributed by atoms with Gasteiger partial charge >= 0.3 is 0 Å². The summed E-state index contributed by atoms with van der Waals surface area (Å²) >= 11 is 0. The van der Waals surface area contributed by atoms with Gasteiger partial charge in [-0.05, 0) is 127 Å². The second kappa shape index (κ2) is 15.8. The number of fused-ring (bicyclic) bond motifs is 6. The van der Waals surface area contributed by atoms with E-state index in [1.54, 1.807) is 0 Å². The highest BCUT2D eigenvalue weighted by Gasteiger charge is 2.19. The molecule has 12 rings (SSSR count). The molecule has 0 bridgehead atoms. The molecule has 0 unspecified atom stereocenters. The summed E-state index contributed by atoms with van der Waals surface area (Å²) in [5.74, 6) is 0. The topological polar surface area (TPSA) is 8.17 Å². The maximum Gasteiger partial charge on any atom is 0.0547 e. The number of para-hydroxylation sites is 2. The third kappa shape index (κ3) is 6.52. The molecule has 300 valence electrons. The van der Waals surface area contributed by atoms with Crippen LogP contribution in [0.3, 0.4) is 0 Å². The molecule has 0 aliphatic heterocycles. The second-order valence-electron chi connectivity index (χ2n) is 16.5. The predicted molar refractivity (Wildman–Crippen MR) is 272 cm³/mol. The zero-order chi connectivity index (χ0) is 42.4. The van der Waals surface area contributed by atoms with Crippen LogP contribution >= 0.6 is 0 Å². The summed E-state index contributed by atoms with van der Waals surface area (Å²) in [7, 11) is 0. The monoisotopic (exact) mass is 814 g/mol. The molecule has 2 nitrogen and oxygen atoms in total. The van der Waals surface area contributed by atoms with E-state index >= 15 is 0 Å². The molecular weight excluding hydrogens is 773 g/mol. The quantitative estimate of drug-likeness (QED) is 0.139. The first-order valence-corrected chi connectivity index (χ1v) is 22.0. The third-order valence-corrected chi connectivity index (χ3v) is 12.8. The average Bonchev–Trinajstić information content (AvgIpc) is 3.72. The minimum atomic E-state index is 1.09. The van der Waals surface area contributed by atoms with Crippen molar-refractivity contribution in [2.24, 2.45) is 0 Å². The molecule has 12 aromatic rings. The maximum absolute atomic E-state index is 2.39. The fourth-order valence-electron chi connectivity index (χ4n) is 9.75. The van der Waals surface area contributed by atoms with Gasteiger partial charge in [-0.15, -0.1) is 0 Å². The van der Waals surface area contributed by atoms with Crippen molar-refractivity contribution >= 4 is 60.4 Å². The Morgan fingerprint density at radius 2 is 0.781 bits per heavy atom. The summed E-state index contributed by atoms with van der Waals surface area (Å²) in [6.45, 7) is 0. The van der Waals surface area contributed by atoms with Crippen molar-refractivity contribution in [2.45, 2.75) is 0 Å². The molecule has 11 aromatic carbocycles. The van der Waals surface area contributed by atoms with Gasteiger partial charge in [0.15, 0.2) is 0 Å². The van der Waals surface area contributed by atoms with Gasteiger partial charge in [0, 0.05) is 33.5 Å². The van der Waals surface area contributed by atoms with Crippen molar-refractivity contribution in [3.63, 3.8) is 0 Å². The first-order valence-electron chi connectivity index (χ1n) is 22.0. The Labute approximate surface area is 373 Å². The van der Waals surface area contributed by atoms with Gasteiger partial charge in [-0.3, -0.25) is 0 Å². The predicted octanol–water partition coefficient (Wildman–Crippen LogP) is 17.2. The van der Waals surface area contributed by atoms with E-state index in [-0.39, 0.29) is 0 Å². The van der Waals surface area contributed by atoms with Crippen LogP contribution in [0.5, 0.6) is 0 Å². The highest BCUT2D eigenvalue weighted by atomic mass is 15.1. The molecule has 0 atom stereocenters. The van der Waals surface area contributed by atoms with Crippen LogP contribution in [0.1, 0.15) is 0 Å². The van der Waals surface area contributed by atoms with E-state index in [2.05, 4.69) is 264 Å². The molecule has 0 spiro atoms. The van der Waals surface area contributed by atoms with Crippen molar-refractivity contribution in [2.75, 3.05) is 4.90 Å². The zero-order valence-corrected chi connectivity index (χ0v) is 35.1. The van der Waals surface area contributed by atoms with Gasteiger partial charge in [0.05, 0.1) is 11.0 Å². The van der Waals surface area contributed by atoms with Crippen molar-refractivity contribution in [3.8, 4) is 50.2 Å². The molecule has 0 fully saturated rings. The van der Waals surface area contributed by atoms with Crippen molar-refractivity contribution in [1.82, 2.24) is 4.57 Å². The Hall–Kier alpha value is -8.46. The Morgan fingerprint density at radius 3 is 1.52 bits per heavy atom. The van der Waals surface area contributed by atoms with Crippen molar-refractivity contribution < 1.29 is 0 Å². The number of hydrogen-bond donors (Lipinski definition) is 0. The van der Waals surface area contributed by atoms with E-state index in [1.165, 1.54) is 87.9 Å². The lowest BCUT2D eigenvalue weighted by molar-refractivity contribution is 1.18. The second-order valence-corrected chi connectivity index (χ2v) is 16.5. The Kier molecular flexibility index (Phi) is 9.20. The van der Waals surface area contributed by atoms with Crippen LogP contribution < -0.4 is 4.90 Å². The summed E-state index contributed by atoms with van der Waals surface area (Å²) in [4.78, 5) is 2.39. The fourth-order valence-corrected chi connectivity index (χ4v) is 9.75. The van der Waals surface area contributed by atoms with E-state index in [0.717, 1.165) is 22.7 Å². The number of anilines is 3. The molecule has 2 heteroatoms. The zero-order valence-electron chi connectivity index (χ0n) is 35.1. The van der Waals surface area contributed by atoms with Gasteiger partial charge in [-0.25, -0.2) is 0 Å². The minimum Gasteiger partial charge on any atom is -0.310 e. The number of hydrogen-bond acceptors (Lipinski definition) is 1. The van der Waals surface area contributed by atoms with Gasteiger partial charge in [0.1, 0.15) is 0 Å². The van der Waals surface area contributed by atoms with Crippen LogP contribution in [-0.4, -0.2) is 4.57 Å². The highest BCUT2D eigenvalue weighted by Crippen LogP contribution is 2.43. The lowest BCUT2D eigenvalue weighted by Crippen LogP contribution is -2.10. The molecule has 0 aliphatic carbocycles. The first kappa shape index (κ1) is 37.3. The molecule has 0 saturated carbocycles. The number of aromatic nitrogens is 1. The Morgan fingerprint density at radius 1 is 0.266 bits per heavy atom. The number of rotatable bonds is 8. The van der Waals surface area contributed by atoms with Gasteiger partial charge in [0.25, 0.3) is 0 Å².